The van der Waals surface area contributed by atoms with Crippen LogP contribution in [0.3, 0.4) is 0 Å². The molecule has 0 atom stereocenters. The van der Waals surface area contributed by atoms with Crippen molar-refractivity contribution in [3.8, 4) is 0 Å². The van der Waals surface area contributed by atoms with Gasteiger partial charge in [-0.2, -0.15) is 0 Å². The summed E-state index contributed by atoms with van der Waals surface area (Å²) in [7, 11) is 0. The van der Waals surface area contributed by atoms with E-state index in [1.165, 1.54) is 0 Å². The summed E-state index contributed by atoms with van der Waals surface area (Å²) in [6, 6.07) is 3.17. The third-order valence-electron chi connectivity index (χ3n) is 1.44. The molecule has 11 heavy (non-hydrogen) atoms. The van der Waals surface area contributed by atoms with Crippen LogP contribution in [0.1, 0.15) is 13.8 Å². The summed E-state index contributed by atoms with van der Waals surface area (Å²) >= 11 is 0. The molecular weight excluding hydrogens is 138 g/mol. The Bertz CT molecular complexity index is 255. The van der Waals surface area contributed by atoms with Crippen LogP contribution in [0.4, 0.5) is 0 Å². The molecule has 2 nitrogen and oxygen atoms in total. The zero-order valence-electron chi connectivity index (χ0n) is 6.95. The second-order valence-electron chi connectivity index (χ2n) is 3.12. The molecule has 0 amide bonds. The molecule has 0 aliphatic carbocycles. The van der Waals surface area contributed by atoms with Crippen LogP contribution < -0.4 is 5.43 Å². The van der Waals surface area contributed by atoms with Crippen LogP contribution in [-0.4, -0.2) is 4.57 Å². The van der Waals surface area contributed by atoms with Crippen molar-refractivity contribution in [1.29, 1.82) is 0 Å². The predicted molar refractivity (Wildman–Crippen MR) is 45.5 cm³/mol. The van der Waals surface area contributed by atoms with Gasteiger partial charge in [-0.3, -0.25) is 4.79 Å². The highest BCUT2D eigenvalue weighted by atomic mass is 16.1. The Kier molecular flexibility index (Phi) is 2.47. The van der Waals surface area contributed by atoms with E-state index in [0.29, 0.717) is 5.92 Å². The quantitative estimate of drug-likeness (QED) is 0.628. The van der Waals surface area contributed by atoms with Crippen molar-refractivity contribution < 1.29 is 0 Å². The first-order valence-electron chi connectivity index (χ1n) is 3.84. The van der Waals surface area contributed by atoms with E-state index in [0.717, 1.165) is 6.54 Å². The standard InChI is InChI=1S/C9H13NO/c1-8(2)7-10-5-3-9(11)4-6-10/h3-6,8H,7H2,1-2H3. The maximum absolute atomic E-state index is 10.7. The van der Waals surface area contributed by atoms with Gasteiger partial charge in [0.1, 0.15) is 0 Å². The molecule has 1 aromatic heterocycles. The zero-order valence-corrected chi connectivity index (χ0v) is 6.95. The minimum atomic E-state index is 0.0741. The molecule has 0 N–H and O–H groups in total. The summed E-state index contributed by atoms with van der Waals surface area (Å²) in [5, 5.41) is 0. The van der Waals surface area contributed by atoms with Gasteiger partial charge in [-0.15, -0.1) is 0 Å². The Morgan fingerprint density at radius 3 is 2.36 bits per heavy atom. The van der Waals surface area contributed by atoms with Crippen LogP contribution in [0.25, 0.3) is 0 Å². The van der Waals surface area contributed by atoms with E-state index in [1.54, 1.807) is 12.1 Å². The normalized spacial score (nSPS) is 10.5. The van der Waals surface area contributed by atoms with Crippen molar-refractivity contribution in [3.63, 3.8) is 0 Å². The highest BCUT2D eigenvalue weighted by Gasteiger charge is 1.92. The van der Waals surface area contributed by atoms with E-state index in [-0.39, 0.29) is 5.43 Å². The van der Waals surface area contributed by atoms with Crippen LogP contribution in [0, 0.1) is 5.92 Å². The van der Waals surface area contributed by atoms with Gasteiger partial charge < -0.3 is 4.57 Å². The third kappa shape index (κ3) is 2.58. The SMILES string of the molecule is CC(C)Cn1ccc(=O)cc1. The van der Waals surface area contributed by atoms with Crippen molar-refractivity contribution >= 4 is 0 Å². The second-order valence-corrected chi connectivity index (χ2v) is 3.12. The van der Waals surface area contributed by atoms with E-state index in [4.69, 9.17) is 0 Å². The first-order valence-corrected chi connectivity index (χ1v) is 3.84. The van der Waals surface area contributed by atoms with Crippen LogP contribution in [-0.2, 0) is 6.54 Å². The molecule has 1 aromatic rings. The van der Waals surface area contributed by atoms with Gasteiger partial charge in [-0.1, -0.05) is 13.8 Å². The largest absolute Gasteiger partial charge is 0.354 e. The van der Waals surface area contributed by atoms with Gasteiger partial charge in [0.25, 0.3) is 0 Å². The number of hydrogen-bond donors (Lipinski definition) is 0. The Morgan fingerprint density at radius 1 is 1.36 bits per heavy atom. The molecule has 0 unspecified atom stereocenters. The van der Waals surface area contributed by atoms with E-state index in [9.17, 15) is 4.79 Å². The fourth-order valence-corrected chi connectivity index (χ4v) is 0.987. The molecule has 2 heteroatoms. The van der Waals surface area contributed by atoms with Crippen molar-refractivity contribution in [2.45, 2.75) is 20.4 Å². The molecule has 0 bridgehead atoms. The van der Waals surface area contributed by atoms with Gasteiger partial charge in [0.2, 0.25) is 0 Å². The van der Waals surface area contributed by atoms with Crippen molar-refractivity contribution in [3.05, 3.63) is 34.7 Å². The first kappa shape index (κ1) is 8.05. The molecule has 0 saturated carbocycles. The predicted octanol–water partition coefficient (Wildman–Crippen LogP) is 1.50. The summed E-state index contributed by atoms with van der Waals surface area (Å²) in [6.07, 6.45) is 3.64. The smallest absolute Gasteiger partial charge is 0.181 e. The van der Waals surface area contributed by atoms with Crippen LogP contribution in [0.2, 0.25) is 0 Å². The topological polar surface area (TPSA) is 22.0 Å². The lowest BCUT2D eigenvalue weighted by atomic mass is 10.2. The Labute approximate surface area is 66.5 Å². The highest BCUT2D eigenvalue weighted by molar-refractivity contribution is 4.93. The Morgan fingerprint density at radius 2 is 1.91 bits per heavy atom. The monoisotopic (exact) mass is 151 g/mol. The maximum atomic E-state index is 10.7. The highest BCUT2D eigenvalue weighted by Crippen LogP contribution is 1.96. The summed E-state index contributed by atoms with van der Waals surface area (Å²) in [6.45, 7) is 5.27. The lowest BCUT2D eigenvalue weighted by Crippen LogP contribution is -2.07. The summed E-state index contributed by atoms with van der Waals surface area (Å²) in [4.78, 5) is 10.7. The lowest BCUT2D eigenvalue weighted by molar-refractivity contribution is 0.520. The number of rotatable bonds is 2. The third-order valence-corrected chi connectivity index (χ3v) is 1.44. The van der Waals surface area contributed by atoms with E-state index < -0.39 is 0 Å². The average Bonchev–Trinajstić information content (AvgIpc) is 1.93. The van der Waals surface area contributed by atoms with Crippen LogP contribution in [0.15, 0.2) is 29.3 Å². The van der Waals surface area contributed by atoms with Gasteiger partial charge in [0.05, 0.1) is 0 Å². The molecule has 0 aliphatic rings. The first-order chi connectivity index (χ1) is 5.18. The summed E-state index contributed by atoms with van der Waals surface area (Å²) in [5.41, 5.74) is 0.0741. The van der Waals surface area contributed by atoms with Crippen molar-refractivity contribution in [1.82, 2.24) is 4.57 Å². The van der Waals surface area contributed by atoms with Gasteiger partial charge in [-0.25, -0.2) is 0 Å². The Balaban J connectivity index is 2.74. The molecule has 0 radical (unpaired) electrons. The number of nitrogens with zero attached hydrogens (tertiary/aromatic N) is 1. The molecule has 1 rings (SSSR count). The van der Waals surface area contributed by atoms with Crippen molar-refractivity contribution in [2.75, 3.05) is 0 Å². The van der Waals surface area contributed by atoms with Gasteiger partial charge in [-0.05, 0) is 5.92 Å². The average molecular weight is 151 g/mol. The minimum absolute atomic E-state index is 0.0741. The van der Waals surface area contributed by atoms with E-state index in [2.05, 4.69) is 13.8 Å². The lowest BCUT2D eigenvalue weighted by Gasteiger charge is -2.07. The number of aromatic nitrogens is 1. The Hall–Kier alpha value is -1.05. The number of pyridine rings is 1. The second kappa shape index (κ2) is 3.37. The zero-order chi connectivity index (χ0) is 8.27. The molecular formula is C9H13NO. The van der Waals surface area contributed by atoms with Crippen LogP contribution >= 0.6 is 0 Å². The maximum Gasteiger partial charge on any atom is 0.181 e. The molecule has 1 heterocycles. The van der Waals surface area contributed by atoms with E-state index >= 15 is 0 Å². The van der Waals surface area contributed by atoms with Crippen molar-refractivity contribution in [2.24, 2.45) is 5.92 Å². The molecule has 0 aliphatic heterocycles. The fourth-order valence-electron chi connectivity index (χ4n) is 0.987. The molecule has 0 aromatic carbocycles. The fraction of sp³-hybridized carbons (Fsp3) is 0.444. The molecule has 60 valence electrons. The summed E-state index contributed by atoms with van der Waals surface area (Å²) in [5.74, 6) is 0.623. The molecule has 0 fully saturated rings. The summed E-state index contributed by atoms with van der Waals surface area (Å²) < 4.78 is 2.02. The van der Waals surface area contributed by atoms with Gasteiger partial charge in [0.15, 0.2) is 5.43 Å². The van der Waals surface area contributed by atoms with Gasteiger partial charge >= 0.3 is 0 Å². The van der Waals surface area contributed by atoms with Crippen LogP contribution in [0.5, 0.6) is 0 Å². The van der Waals surface area contributed by atoms with E-state index in [1.807, 2.05) is 17.0 Å². The van der Waals surface area contributed by atoms with Gasteiger partial charge in [0, 0.05) is 31.1 Å². The molecule has 0 spiro atoms. The minimum Gasteiger partial charge on any atom is -0.354 e. The molecule has 0 saturated heterocycles. The number of hydrogen-bond acceptors (Lipinski definition) is 1.